The molecule has 0 aromatic heterocycles. The lowest BCUT2D eigenvalue weighted by molar-refractivity contribution is -0.140. The van der Waals surface area contributed by atoms with Crippen molar-refractivity contribution < 1.29 is 9.90 Å². The fourth-order valence-electron chi connectivity index (χ4n) is 2.98. The van der Waals surface area contributed by atoms with Gasteiger partial charge < -0.3 is 10.8 Å². The van der Waals surface area contributed by atoms with E-state index in [1.54, 1.807) is 0 Å². The highest BCUT2D eigenvalue weighted by Crippen LogP contribution is 2.42. The molecule has 0 radical (unpaired) electrons. The number of hydrogen-bond donors (Lipinski definition) is 2. The van der Waals surface area contributed by atoms with Crippen LogP contribution in [0, 0.1) is 11.3 Å². The first kappa shape index (κ1) is 12.5. The molecule has 0 spiro atoms. The summed E-state index contributed by atoms with van der Waals surface area (Å²) in [5, 5.41) is 8.92. The number of rotatable bonds is 5. The van der Waals surface area contributed by atoms with Crippen LogP contribution in [0.5, 0.6) is 0 Å². The van der Waals surface area contributed by atoms with Crippen LogP contribution in [0.2, 0.25) is 0 Å². The summed E-state index contributed by atoms with van der Waals surface area (Å²) >= 11 is 0. The first-order valence-corrected chi connectivity index (χ1v) is 6.04. The lowest BCUT2D eigenvalue weighted by Crippen LogP contribution is -2.37. The molecule has 1 fully saturated rings. The lowest BCUT2D eigenvalue weighted by atomic mass is 9.67. The summed E-state index contributed by atoms with van der Waals surface area (Å²) in [6.07, 6.45) is 7.09. The third-order valence-corrected chi connectivity index (χ3v) is 3.70. The molecule has 88 valence electrons. The quantitative estimate of drug-likeness (QED) is 0.737. The van der Waals surface area contributed by atoms with Gasteiger partial charge in [0.05, 0.1) is 6.42 Å². The molecule has 0 saturated heterocycles. The van der Waals surface area contributed by atoms with Gasteiger partial charge in [-0.25, -0.2) is 0 Å². The minimum atomic E-state index is -0.697. The molecular formula is C12H23NO2. The summed E-state index contributed by atoms with van der Waals surface area (Å²) in [6, 6.07) is 0. The van der Waals surface area contributed by atoms with Crippen LogP contribution in [0.15, 0.2) is 0 Å². The van der Waals surface area contributed by atoms with E-state index in [4.69, 9.17) is 10.8 Å². The SMILES string of the molecule is CCCC1CCCC(CN)(CC(=O)O)C1. The molecule has 0 amide bonds. The van der Waals surface area contributed by atoms with Crippen molar-refractivity contribution in [3.05, 3.63) is 0 Å². The van der Waals surface area contributed by atoms with Gasteiger partial charge in [0.1, 0.15) is 0 Å². The summed E-state index contributed by atoms with van der Waals surface area (Å²) in [5.74, 6) is 0.00393. The highest BCUT2D eigenvalue weighted by Gasteiger charge is 2.36. The Labute approximate surface area is 92.0 Å². The smallest absolute Gasteiger partial charge is 0.303 e. The van der Waals surface area contributed by atoms with E-state index in [0.717, 1.165) is 19.3 Å². The molecule has 2 atom stereocenters. The van der Waals surface area contributed by atoms with Gasteiger partial charge in [-0.2, -0.15) is 0 Å². The largest absolute Gasteiger partial charge is 0.481 e. The number of aliphatic carboxylic acids is 1. The molecule has 1 aliphatic carbocycles. The number of carbonyl (C=O) groups is 1. The molecule has 0 bridgehead atoms. The van der Waals surface area contributed by atoms with Crippen LogP contribution in [-0.4, -0.2) is 17.6 Å². The number of hydrogen-bond acceptors (Lipinski definition) is 2. The van der Waals surface area contributed by atoms with E-state index in [9.17, 15) is 4.79 Å². The molecular weight excluding hydrogens is 190 g/mol. The van der Waals surface area contributed by atoms with Crippen LogP contribution in [0.4, 0.5) is 0 Å². The molecule has 1 rings (SSSR count). The minimum absolute atomic E-state index is 0.107. The molecule has 0 aliphatic heterocycles. The zero-order valence-electron chi connectivity index (χ0n) is 9.67. The van der Waals surface area contributed by atoms with Crippen molar-refractivity contribution in [3.63, 3.8) is 0 Å². The van der Waals surface area contributed by atoms with E-state index >= 15 is 0 Å². The van der Waals surface area contributed by atoms with Gasteiger partial charge in [-0.1, -0.05) is 32.6 Å². The maximum Gasteiger partial charge on any atom is 0.303 e. The summed E-state index contributed by atoms with van der Waals surface area (Å²) in [5.41, 5.74) is 5.67. The molecule has 2 unspecified atom stereocenters. The second kappa shape index (κ2) is 5.50. The molecule has 3 N–H and O–H groups in total. The predicted molar refractivity (Wildman–Crippen MR) is 60.6 cm³/mol. The Bertz CT molecular complexity index is 216. The van der Waals surface area contributed by atoms with Crippen LogP contribution >= 0.6 is 0 Å². The van der Waals surface area contributed by atoms with Crippen LogP contribution in [0.3, 0.4) is 0 Å². The second-order valence-corrected chi connectivity index (χ2v) is 5.03. The molecule has 3 nitrogen and oxygen atoms in total. The van der Waals surface area contributed by atoms with Crippen molar-refractivity contribution in [1.29, 1.82) is 0 Å². The highest BCUT2D eigenvalue weighted by atomic mass is 16.4. The van der Waals surface area contributed by atoms with E-state index in [1.165, 1.54) is 19.3 Å². The van der Waals surface area contributed by atoms with E-state index in [2.05, 4.69) is 6.92 Å². The normalized spacial score (nSPS) is 31.5. The number of nitrogens with two attached hydrogens (primary N) is 1. The van der Waals surface area contributed by atoms with Gasteiger partial charge in [0.2, 0.25) is 0 Å². The van der Waals surface area contributed by atoms with Crippen LogP contribution in [0.1, 0.15) is 51.9 Å². The second-order valence-electron chi connectivity index (χ2n) is 5.03. The average molecular weight is 213 g/mol. The number of carboxylic acids is 1. The first-order valence-electron chi connectivity index (χ1n) is 6.04. The highest BCUT2D eigenvalue weighted by molar-refractivity contribution is 5.67. The predicted octanol–water partition coefficient (Wildman–Crippen LogP) is 2.40. The molecule has 1 saturated carbocycles. The lowest BCUT2D eigenvalue weighted by Gasteiger charge is -2.39. The van der Waals surface area contributed by atoms with E-state index in [1.807, 2.05) is 0 Å². The summed E-state index contributed by atoms with van der Waals surface area (Å²) in [6.45, 7) is 2.72. The molecule has 3 heteroatoms. The summed E-state index contributed by atoms with van der Waals surface area (Å²) < 4.78 is 0. The van der Waals surface area contributed by atoms with E-state index in [0.29, 0.717) is 12.5 Å². The van der Waals surface area contributed by atoms with Crippen LogP contribution in [-0.2, 0) is 4.79 Å². The monoisotopic (exact) mass is 213 g/mol. The third-order valence-electron chi connectivity index (χ3n) is 3.70. The van der Waals surface area contributed by atoms with Gasteiger partial charge in [0.25, 0.3) is 0 Å². The van der Waals surface area contributed by atoms with Crippen molar-refractivity contribution in [2.24, 2.45) is 17.1 Å². The molecule has 0 aromatic carbocycles. The zero-order valence-corrected chi connectivity index (χ0v) is 9.67. The summed E-state index contributed by atoms with van der Waals surface area (Å²) in [7, 11) is 0. The van der Waals surface area contributed by atoms with Crippen molar-refractivity contribution >= 4 is 5.97 Å². The van der Waals surface area contributed by atoms with Crippen molar-refractivity contribution in [1.82, 2.24) is 0 Å². The summed E-state index contributed by atoms with van der Waals surface area (Å²) in [4.78, 5) is 10.8. The Balaban J connectivity index is 2.59. The van der Waals surface area contributed by atoms with Gasteiger partial charge in [-0.3, -0.25) is 4.79 Å². The maximum atomic E-state index is 10.8. The fourth-order valence-corrected chi connectivity index (χ4v) is 2.98. The average Bonchev–Trinajstić information content (AvgIpc) is 2.18. The molecule has 0 aromatic rings. The van der Waals surface area contributed by atoms with E-state index in [-0.39, 0.29) is 11.8 Å². The van der Waals surface area contributed by atoms with Gasteiger partial charge in [0.15, 0.2) is 0 Å². The Morgan fingerprint density at radius 3 is 2.87 bits per heavy atom. The Hall–Kier alpha value is -0.570. The van der Waals surface area contributed by atoms with Crippen molar-refractivity contribution in [2.45, 2.75) is 51.9 Å². The van der Waals surface area contributed by atoms with E-state index < -0.39 is 5.97 Å². The maximum absolute atomic E-state index is 10.8. The number of carboxylic acid groups (broad SMARTS) is 1. The minimum Gasteiger partial charge on any atom is -0.481 e. The first-order chi connectivity index (χ1) is 7.12. The van der Waals surface area contributed by atoms with Gasteiger partial charge >= 0.3 is 5.97 Å². The molecule has 15 heavy (non-hydrogen) atoms. The third kappa shape index (κ3) is 3.49. The molecule has 0 heterocycles. The van der Waals surface area contributed by atoms with Crippen molar-refractivity contribution in [3.8, 4) is 0 Å². The van der Waals surface area contributed by atoms with Crippen molar-refractivity contribution in [2.75, 3.05) is 6.54 Å². The Morgan fingerprint density at radius 1 is 1.60 bits per heavy atom. The van der Waals surface area contributed by atoms with Gasteiger partial charge in [-0.05, 0) is 30.7 Å². The van der Waals surface area contributed by atoms with Crippen LogP contribution in [0.25, 0.3) is 0 Å². The van der Waals surface area contributed by atoms with Crippen LogP contribution < -0.4 is 5.73 Å². The van der Waals surface area contributed by atoms with Gasteiger partial charge in [0, 0.05) is 0 Å². The fraction of sp³-hybridized carbons (Fsp3) is 0.917. The van der Waals surface area contributed by atoms with Gasteiger partial charge in [-0.15, -0.1) is 0 Å². The Kier molecular flexibility index (Phi) is 4.58. The topological polar surface area (TPSA) is 63.3 Å². The standard InChI is InChI=1S/C12H23NO2/c1-2-4-10-5-3-6-12(7-10,9-13)8-11(14)15/h10H,2-9,13H2,1H3,(H,14,15). The Morgan fingerprint density at radius 2 is 2.33 bits per heavy atom. The zero-order chi connectivity index (χ0) is 11.3. The molecule has 1 aliphatic rings.